The lowest BCUT2D eigenvalue weighted by Crippen LogP contribution is -2.16. The van der Waals surface area contributed by atoms with Crippen LogP contribution in [-0.2, 0) is 0 Å². The van der Waals surface area contributed by atoms with Gasteiger partial charge in [0.1, 0.15) is 12.1 Å². The molecule has 96 valence electrons. The van der Waals surface area contributed by atoms with E-state index in [0.717, 1.165) is 30.9 Å². The molecular formula is C12H22N4O. The molecule has 1 atom stereocenters. The van der Waals surface area contributed by atoms with E-state index in [1.54, 1.807) is 0 Å². The van der Waals surface area contributed by atoms with Crippen LogP contribution < -0.4 is 15.8 Å². The second-order valence-corrected chi connectivity index (χ2v) is 4.15. The van der Waals surface area contributed by atoms with E-state index in [-0.39, 0.29) is 0 Å². The molecule has 0 aliphatic carbocycles. The van der Waals surface area contributed by atoms with Crippen molar-refractivity contribution in [3.63, 3.8) is 0 Å². The van der Waals surface area contributed by atoms with Crippen molar-refractivity contribution in [3.8, 4) is 5.88 Å². The number of nitrogens with zero attached hydrogens (tertiary/aromatic N) is 2. The molecule has 0 radical (unpaired) electrons. The van der Waals surface area contributed by atoms with Crippen molar-refractivity contribution in [3.05, 3.63) is 11.9 Å². The van der Waals surface area contributed by atoms with Crippen LogP contribution in [0, 0.1) is 12.8 Å². The fourth-order valence-corrected chi connectivity index (χ4v) is 1.55. The van der Waals surface area contributed by atoms with Crippen molar-refractivity contribution in [2.24, 2.45) is 11.7 Å². The molecule has 0 spiro atoms. The normalized spacial score (nSPS) is 12.2. The topological polar surface area (TPSA) is 73.1 Å². The summed E-state index contributed by atoms with van der Waals surface area (Å²) in [5, 5.41) is 3.31. The number of aromatic nitrogens is 2. The molecule has 1 rings (SSSR count). The number of nitrogens with two attached hydrogens (primary N) is 1. The largest absolute Gasteiger partial charge is 0.478 e. The summed E-state index contributed by atoms with van der Waals surface area (Å²) < 4.78 is 5.42. The first-order valence-corrected chi connectivity index (χ1v) is 6.07. The molecule has 1 heterocycles. The minimum atomic E-state index is 0.532. The Morgan fingerprint density at radius 1 is 1.47 bits per heavy atom. The number of hydrogen-bond donors (Lipinski definition) is 2. The zero-order valence-corrected chi connectivity index (χ0v) is 10.9. The van der Waals surface area contributed by atoms with Gasteiger partial charge in [0.15, 0.2) is 0 Å². The second-order valence-electron chi connectivity index (χ2n) is 4.15. The Balaban J connectivity index is 2.61. The van der Waals surface area contributed by atoms with Gasteiger partial charge in [-0.1, -0.05) is 6.92 Å². The third-order valence-electron chi connectivity index (χ3n) is 2.60. The summed E-state index contributed by atoms with van der Waals surface area (Å²) in [6.07, 6.45) is 2.53. The van der Waals surface area contributed by atoms with Gasteiger partial charge in [-0.15, -0.1) is 0 Å². The summed E-state index contributed by atoms with van der Waals surface area (Å²) in [5.74, 6) is 2.02. The van der Waals surface area contributed by atoms with Crippen LogP contribution in [0.25, 0.3) is 0 Å². The minimum absolute atomic E-state index is 0.532. The summed E-state index contributed by atoms with van der Waals surface area (Å²) in [4.78, 5) is 8.32. The maximum Gasteiger partial charge on any atom is 0.221 e. The van der Waals surface area contributed by atoms with Gasteiger partial charge in [0.25, 0.3) is 0 Å². The number of hydrogen-bond acceptors (Lipinski definition) is 5. The summed E-state index contributed by atoms with van der Waals surface area (Å²) in [7, 11) is 0. The molecule has 0 saturated heterocycles. The van der Waals surface area contributed by atoms with E-state index in [2.05, 4.69) is 22.2 Å². The molecule has 0 amide bonds. The van der Waals surface area contributed by atoms with Gasteiger partial charge in [0.05, 0.1) is 12.2 Å². The van der Waals surface area contributed by atoms with Crippen LogP contribution in [0.4, 0.5) is 5.82 Å². The summed E-state index contributed by atoms with van der Waals surface area (Å²) in [6.45, 7) is 8.26. The lowest BCUT2D eigenvalue weighted by atomic mass is 10.1. The van der Waals surface area contributed by atoms with Crippen molar-refractivity contribution in [2.75, 3.05) is 25.0 Å². The van der Waals surface area contributed by atoms with Crippen molar-refractivity contribution < 1.29 is 4.74 Å². The van der Waals surface area contributed by atoms with Gasteiger partial charge in [-0.25, -0.2) is 9.97 Å². The quantitative estimate of drug-likeness (QED) is 0.754. The smallest absolute Gasteiger partial charge is 0.221 e. The van der Waals surface area contributed by atoms with Gasteiger partial charge in [-0.2, -0.15) is 0 Å². The Kier molecular flexibility index (Phi) is 5.69. The van der Waals surface area contributed by atoms with Crippen LogP contribution in [0.15, 0.2) is 6.33 Å². The average molecular weight is 238 g/mol. The molecule has 0 bridgehead atoms. The molecule has 1 aromatic heterocycles. The molecule has 0 aromatic carbocycles. The standard InChI is InChI=1S/C12H22N4O/c1-4-17-12-10(3)11(15-8-16-12)14-7-9(2)5-6-13/h8-9H,4-7,13H2,1-3H3,(H,14,15,16). The SMILES string of the molecule is CCOc1ncnc(NCC(C)CCN)c1C. The maximum absolute atomic E-state index is 5.52. The highest BCUT2D eigenvalue weighted by Gasteiger charge is 2.08. The van der Waals surface area contributed by atoms with E-state index in [9.17, 15) is 0 Å². The maximum atomic E-state index is 5.52. The molecule has 3 N–H and O–H groups in total. The molecule has 0 saturated carbocycles. The lowest BCUT2D eigenvalue weighted by molar-refractivity contribution is 0.324. The van der Waals surface area contributed by atoms with Crippen LogP contribution in [0.3, 0.4) is 0 Å². The molecule has 0 fully saturated rings. The number of ether oxygens (including phenoxy) is 1. The van der Waals surface area contributed by atoms with Gasteiger partial charge in [0.2, 0.25) is 5.88 Å². The van der Waals surface area contributed by atoms with Crippen LogP contribution in [0.1, 0.15) is 25.8 Å². The zero-order chi connectivity index (χ0) is 12.7. The summed E-state index contributed by atoms with van der Waals surface area (Å²) >= 11 is 0. The van der Waals surface area contributed by atoms with E-state index < -0.39 is 0 Å². The molecule has 17 heavy (non-hydrogen) atoms. The highest BCUT2D eigenvalue weighted by atomic mass is 16.5. The molecule has 1 aromatic rings. The van der Waals surface area contributed by atoms with Crippen molar-refractivity contribution >= 4 is 5.82 Å². The van der Waals surface area contributed by atoms with Crippen LogP contribution in [0.2, 0.25) is 0 Å². The number of nitrogens with one attached hydrogen (secondary N) is 1. The van der Waals surface area contributed by atoms with Gasteiger partial charge < -0.3 is 15.8 Å². The first kappa shape index (κ1) is 13.7. The Hall–Kier alpha value is -1.36. The van der Waals surface area contributed by atoms with E-state index in [4.69, 9.17) is 10.5 Å². The van der Waals surface area contributed by atoms with Gasteiger partial charge in [-0.3, -0.25) is 0 Å². The third kappa shape index (κ3) is 4.19. The Morgan fingerprint density at radius 2 is 2.24 bits per heavy atom. The first-order chi connectivity index (χ1) is 8.19. The predicted octanol–water partition coefficient (Wildman–Crippen LogP) is 1.58. The molecule has 1 unspecified atom stereocenters. The van der Waals surface area contributed by atoms with Crippen molar-refractivity contribution in [1.29, 1.82) is 0 Å². The molecule has 5 heteroatoms. The van der Waals surface area contributed by atoms with Crippen molar-refractivity contribution in [1.82, 2.24) is 9.97 Å². The minimum Gasteiger partial charge on any atom is -0.478 e. The molecular weight excluding hydrogens is 216 g/mol. The Bertz CT molecular complexity index is 343. The highest BCUT2D eigenvalue weighted by molar-refractivity contribution is 5.47. The van der Waals surface area contributed by atoms with Gasteiger partial charge in [-0.05, 0) is 32.7 Å². The van der Waals surface area contributed by atoms with E-state index in [1.165, 1.54) is 6.33 Å². The van der Waals surface area contributed by atoms with E-state index >= 15 is 0 Å². The molecule has 5 nitrogen and oxygen atoms in total. The predicted molar refractivity (Wildman–Crippen MR) is 69.3 cm³/mol. The molecule has 0 aliphatic heterocycles. The van der Waals surface area contributed by atoms with Gasteiger partial charge in [0, 0.05) is 6.54 Å². The van der Waals surface area contributed by atoms with E-state index in [0.29, 0.717) is 18.4 Å². The first-order valence-electron chi connectivity index (χ1n) is 6.07. The lowest BCUT2D eigenvalue weighted by Gasteiger charge is -2.14. The van der Waals surface area contributed by atoms with Gasteiger partial charge >= 0.3 is 0 Å². The Labute approximate surface area is 103 Å². The summed E-state index contributed by atoms with van der Waals surface area (Å²) in [6, 6.07) is 0. The average Bonchev–Trinajstić information content (AvgIpc) is 2.31. The number of anilines is 1. The van der Waals surface area contributed by atoms with Crippen molar-refractivity contribution in [2.45, 2.75) is 27.2 Å². The zero-order valence-electron chi connectivity index (χ0n) is 10.9. The third-order valence-corrected chi connectivity index (χ3v) is 2.60. The van der Waals surface area contributed by atoms with Crippen LogP contribution in [-0.4, -0.2) is 29.7 Å². The van der Waals surface area contributed by atoms with Crippen LogP contribution >= 0.6 is 0 Å². The number of rotatable bonds is 7. The van der Waals surface area contributed by atoms with Crippen LogP contribution in [0.5, 0.6) is 5.88 Å². The fourth-order valence-electron chi connectivity index (χ4n) is 1.55. The highest BCUT2D eigenvalue weighted by Crippen LogP contribution is 2.20. The second kappa shape index (κ2) is 7.06. The Morgan fingerprint density at radius 3 is 2.88 bits per heavy atom. The fraction of sp³-hybridized carbons (Fsp3) is 0.667. The van der Waals surface area contributed by atoms with E-state index in [1.807, 2.05) is 13.8 Å². The molecule has 0 aliphatic rings. The summed E-state index contributed by atoms with van der Waals surface area (Å²) in [5.41, 5.74) is 6.47. The monoisotopic (exact) mass is 238 g/mol.